The molecule has 40 heavy (non-hydrogen) atoms. The van der Waals surface area contributed by atoms with Crippen molar-refractivity contribution in [3.63, 3.8) is 0 Å². The van der Waals surface area contributed by atoms with E-state index in [9.17, 15) is 5.26 Å². The van der Waals surface area contributed by atoms with Crippen LogP contribution in [0.25, 0.3) is 5.57 Å². The summed E-state index contributed by atoms with van der Waals surface area (Å²) in [6, 6.07) is 19.8. The van der Waals surface area contributed by atoms with Crippen LogP contribution in [0.5, 0.6) is 5.75 Å². The maximum Gasteiger partial charge on any atom is 0.139 e. The zero-order chi connectivity index (χ0) is 26.8. The predicted molar refractivity (Wildman–Crippen MR) is 159 cm³/mol. The quantitative estimate of drug-likeness (QED) is 0.431. The second kappa shape index (κ2) is 8.89. The zero-order valence-electron chi connectivity index (χ0n) is 22.3. The molecule has 4 nitrogen and oxygen atoms in total. The second-order valence-corrected chi connectivity index (χ2v) is 11.3. The molecule has 0 spiro atoms. The minimum absolute atomic E-state index is 0.119. The molecule has 0 fully saturated rings. The van der Waals surface area contributed by atoms with E-state index >= 15 is 0 Å². The van der Waals surface area contributed by atoms with Crippen LogP contribution < -0.4 is 9.64 Å². The number of fused-ring (bicyclic) bond motifs is 5. The minimum Gasteiger partial charge on any atom is -0.461 e. The molecule has 5 atom stereocenters. The lowest BCUT2D eigenvalue weighted by Gasteiger charge is -2.30. The molecule has 3 aliphatic heterocycles. The van der Waals surface area contributed by atoms with Gasteiger partial charge in [0, 0.05) is 54.0 Å². The molecule has 3 heterocycles. The zero-order valence-corrected chi connectivity index (χ0v) is 22.3. The smallest absolute Gasteiger partial charge is 0.139 e. The molecule has 6 aliphatic rings. The van der Waals surface area contributed by atoms with E-state index in [4.69, 9.17) is 4.74 Å². The van der Waals surface area contributed by atoms with Crippen LogP contribution in [0.4, 0.5) is 5.69 Å². The monoisotopic (exact) mass is 519 g/mol. The maximum atomic E-state index is 9.79. The topological polar surface area (TPSA) is 39.5 Å². The van der Waals surface area contributed by atoms with Gasteiger partial charge in [0.25, 0.3) is 0 Å². The molecule has 0 saturated heterocycles. The molecule has 194 valence electrons. The van der Waals surface area contributed by atoms with Crippen LogP contribution in [-0.4, -0.2) is 24.0 Å². The van der Waals surface area contributed by atoms with Crippen LogP contribution in [0.2, 0.25) is 0 Å². The Balaban J connectivity index is 1.15. The molecule has 8 rings (SSSR count). The molecule has 0 amide bonds. The summed E-state index contributed by atoms with van der Waals surface area (Å²) in [5.41, 5.74) is 8.77. The number of hydrogen-bond acceptors (Lipinski definition) is 4. The van der Waals surface area contributed by atoms with Gasteiger partial charge in [-0.25, -0.2) is 0 Å². The Hall–Kier alpha value is -4.75. The summed E-state index contributed by atoms with van der Waals surface area (Å²) >= 11 is 0. The van der Waals surface area contributed by atoms with Gasteiger partial charge in [0.1, 0.15) is 17.6 Å². The van der Waals surface area contributed by atoms with Crippen LogP contribution in [-0.2, 0) is 0 Å². The van der Waals surface area contributed by atoms with Gasteiger partial charge >= 0.3 is 0 Å². The van der Waals surface area contributed by atoms with Crippen molar-refractivity contribution >= 4 is 11.3 Å². The van der Waals surface area contributed by atoms with Gasteiger partial charge in [-0.1, -0.05) is 78.9 Å². The predicted octanol–water partition coefficient (Wildman–Crippen LogP) is 7.18. The van der Waals surface area contributed by atoms with Gasteiger partial charge in [0.2, 0.25) is 0 Å². The lowest BCUT2D eigenvalue weighted by Crippen LogP contribution is -2.32. The first-order valence-electron chi connectivity index (χ1n) is 14.1. The van der Waals surface area contributed by atoms with Gasteiger partial charge in [-0.15, -0.1) is 0 Å². The number of allylic oxidation sites excluding steroid dienone is 10. The van der Waals surface area contributed by atoms with Crippen molar-refractivity contribution in [2.24, 2.45) is 11.8 Å². The number of anilines is 1. The molecule has 0 N–H and O–H groups in total. The molecule has 4 unspecified atom stereocenters. The summed E-state index contributed by atoms with van der Waals surface area (Å²) in [5, 5.41) is 9.79. The number of nitriles is 1. The minimum atomic E-state index is -0.244. The van der Waals surface area contributed by atoms with Crippen LogP contribution >= 0.6 is 0 Å². The highest BCUT2D eigenvalue weighted by atomic mass is 16.5. The van der Waals surface area contributed by atoms with Crippen molar-refractivity contribution < 1.29 is 4.74 Å². The van der Waals surface area contributed by atoms with Crippen LogP contribution in [0.15, 0.2) is 138 Å². The lowest BCUT2D eigenvalue weighted by atomic mass is 9.80. The van der Waals surface area contributed by atoms with Crippen molar-refractivity contribution in [2.45, 2.75) is 24.4 Å². The fourth-order valence-corrected chi connectivity index (χ4v) is 7.18. The molecule has 2 aromatic carbocycles. The van der Waals surface area contributed by atoms with Gasteiger partial charge in [0.05, 0.1) is 12.1 Å². The molecule has 0 saturated carbocycles. The van der Waals surface area contributed by atoms with Crippen LogP contribution in [0.1, 0.15) is 23.5 Å². The standard InChI is InChI=1S/C36H29N3O/c1-38-17-7-12-27(34(38)22-37)25-16-15-24(18-25)23-8-6-9-26(19-23)39-32-13-4-2-10-28(32)30-20-31-29-11-3-5-14-35(29)40-36(31)21-33(30)39/h2-19,21,25,28,31-32,34H,20H2,1H3/t25?,28?,31?,32-,34?/m0/s1. The van der Waals surface area contributed by atoms with Crippen molar-refractivity contribution in [3.8, 4) is 11.8 Å². The fourth-order valence-electron chi connectivity index (χ4n) is 7.18. The van der Waals surface area contributed by atoms with Crippen molar-refractivity contribution in [1.82, 2.24) is 4.90 Å². The van der Waals surface area contributed by atoms with E-state index in [2.05, 4.69) is 114 Å². The molecule has 0 aromatic heterocycles. The summed E-state index contributed by atoms with van der Waals surface area (Å²) in [7, 11) is 1.96. The molecule has 3 aliphatic carbocycles. The number of para-hydroxylation sites is 1. The van der Waals surface area contributed by atoms with E-state index in [1.807, 2.05) is 24.2 Å². The van der Waals surface area contributed by atoms with Crippen molar-refractivity contribution in [1.29, 1.82) is 5.26 Å². The summed E-state index contributed by atoms with van der Waals surface area (Å²) in [6.45, 7) is 0. The van der Waals surface area contributed by atoms with Gasteiger partial charge in [-0.3, -0.25) is 0 Å². The van der Waals surface area contributed by atoms with E-state index in [0.29, 0.717) is 11.8 Å². The number of nitrogens with zero attached hydrogens (tertiary/aromatic N) is 3. The average molecular weight is 520 g/mol. The molecule has 4 heteroatoms. The molecule has 0 radical (unpaired) electrons. The van der Waals surface area contributed by atoms with Crippen molar-refractivity contribution in [3.05, 3.63) is 149 Å². The van der Waals surface area contributed by atoms with Gasteiger partial charge in [-0.05, 0) is 53.0 Å². The molecular formula is C36H29N3O. The highest BCUT2D eigenvalue weighted by Gasteiger charge is 2.44. The normalized spacial score (nSPS) is 28.8. The second-order valence-electron chi connectivity index (χ2n) is 11.3. The number of benzene rings is 2. The average Bonchev–Trinajstić information content (AvgIpc) is 3.70. The van der Waals surface area contributed by atoms with E-state index in [1.54, 1.807) is 0 Å². The van der Waals surface area contributed by atoms with E-state index < -0.39 is 0 Å². The molecule has 0 bridgehead atoms. The van der Waals surface area contributed by atoms with Crippen LogP contribution in [0.3, 0.4) is 0 Å². The fraction of sp³-hybridized carbons (Fsp3) is 0.194. The van der Waals surface area contributed by atoms with E-state index in [0.717, 1.165) is 23.5 Å². The van der Waals surface area contributed by atoms with Gasteiger partial charge < -0.3 is 14.5 Å². The summed E-state index contributed by atoms with van der Waals surface area (Å²) < 4.78 is 6.37. The first-order valence-corrected chi connectivity index (χ1v) is 14.1. The molecular weight excluding hydrogens is 490 g/mol. The molecule has 2 aromatic rings. The Morgan fingerprint density at radius 1 is 1.00 bits per heavy atom. The summed E-state index contributed by atoms with van der Waals surface area (Å²) in [5.74, 6) is 2.83. The largest absolute Gasteiger partial charge is 0.461 e. The first-order chi connectivity index (χ1) is 19.7. The SMILES string of the molecule is CN1C=CC=C(C2C=CC(c3cccc(N4C5=C(CC6C(=C5)Oc5ccccc56)C5C=CC=C[C@@H]54)c3)=C2)C1C#N. The number of likely N-dealkylation sites (N-methyl/N-ethyl adjacent to an activating group) is 1. The third-order valence-corrected chi connectivity index (χ3v) is 9.10. The van der Waals surface area contributed by atoms with E-state index in [1.165, 1.54) is 33.7 Å². The number of rotatable bonds is 3. The Morgan fingerprint density at radius 3 is 2.83 bits per heavy atom. The Kier molecular flexibility index (Phi) is 5.15. The summed E-state index contributed by atoms with van der Waals surface area (Å²) in [4.78, 5) is 4.48. The maximum absolute atomic E-state index is 9.79. The van der Waals surface area contributed by atoms with E-state index in [-0.39, 0.29) is 18.0 Å². The summed E-state index contributed by atoms with van der Waals surface area (Å²) in [6.07, 6.45) is 25.2. The Bertz CT molecular complexity index is 1720. The first kappa shape index (κ1) is 23.2. The third kappa shape index (κ3) is 3.44. The lowest BCUT2D eigenvalue weighted by molar-refractivity contribution is 0.413. The number of ether oxygens (including phenoxy) is 1. The highest BCUT2D eigenvalue weighted by Crippen LogP contribution is 2.53. The van der Waals surface area contributed by atoms with Crippen molar-refractivity contribution in [2.75, 3.05) is 11.9 Å². The van der Waals surface area contributed by atoms with Crippen LogP contribution in [0, 0.1) is 23.2 Å². The van der Waals surface area contributed by atoms with Gasteiger partial charge in [-0.2, -0.15) is 5.26 Å². The highest BCUT2D eigenvalue weighted by molar-refractivity contribution is 5.80. The Labute approximate surface area is 235 Å². The third-order valence-electron chi connectivity index (χ3n) is 9.10. The Morgan fingerprint density at radius 2 is 1.90 bits per heavy atom. The van der Waals surface area contributed by atoms with Gasteiger partial charge in [0.15, 0.2) is 0 Å². The number of hydrogen-bond donors (Lipinski definition) is 0.